The Morgan fingerprint density at radius 2 is 1.88 bits per heavy atom. The Kier molecular flexibility index (Phi) is 3.13. The van der Waals surface area contributed by atoms with Crippen LogP contribution in [0.1, 0.15) is 25.0 Å². The summed E-state index contributed by atoms with van der Waals surface area (Å²) in [5.41, 5.74) is 2.59. The lowest BCUT2D eigenvalue weighted by molar-refractivity contribution is 0.101. The van der Waals surface area contributed by atoms with Crippen LogP contribution in [0, 0.1) is 0 Å². The highest BCUT2D eigenvalue weighted by Gasteiger charge is 2.24. The minimum atomic E-state index is -0.312. The van der Waals surface area contributed by atoms with Crippen LogP contribution in [-0.2, 0) is 17.6 Å². The number of hydrogen-bond acceptors (Lipinski definition) is 2. The van der Waals surface area contributed by atoms with E-state index in [1.54, 1.807) is 0 Å². The summed E-state index contributed by atoms with van der Waals surface area (Å²) in [5, 5.41) is 2.74. The van der Waals surface area contributed by atoms with E-state index in [1.807, 2.05) is 26.0 Å². The van der Waals surface area contributed by atoms with Gasteiger partial charge in [0, 0.05) is 18.9 Å². The molecule has 0 fully saturated rings. The van der Waals surface area contributed by atoms with Crippen LogP contribution in [0.2, 0.25) is 0 Å². The van der Waals surface area contributed by atoms with Gasteiger partial charge < -0.3 is 10.1 Å². The van der Waals surface area contributed by atoms with Gasteiger partial charge in [-0.15, -0.1) is 0 Å². The molecule has 0 spiro atoms. The van der Waals surface area contributed by atoms with Gasteiger partial charge in [0.1, 0.15) is 6.10 Å². The summed E-state index contributed by atoms with van der Waals surface area (Å²) in [6, 6.07) is 8.36. The predicted octanol–water partition coefficient (Wildman–Crippen LogP) is 2.29. The van der Waals surface area contributed by atoms with E-state index in [2.05, 4.69) is 17.4 Å². The second kappa shape index (κ2) is 4.56. The van der Waals surface area contributed by atoms with E-state index in [0.29, 0.717) is 0 Å². The second-order valence-corrected chi connectivity index (χ2v) is 4.50. The molecule has 0 bridgehead atoms. The Bertz CT molecular complexity index is 362. The van der Waals surface area contributed by atoms with E-state index in [4.69, 9.17) is 4.74 Å². The van der Waals surface area contributed by atoms with Crippen LogP contribution in [0.3, 0.4) is 0 Å². The Morgan fingerprint density at radius 3 is 2.38 bits per heavy atom. The molecule has 86 valence electrons. The van der Waals surface area contributed by atoms with E-state index < -0.39 is 0 Å². The fourth-order valence-electron chi connectivity index (χ4n) is 2.02. The van der Waals surface area contributed by atoms with E-state index in [-0.39, 0.29) is 18.2 Å². The fourth-order valence-corrected chi connectivity index (χ4v) is 2.02. The summed E-state index contributed by atoms with van der Waals surface area (Å²) in [6.45, 7) is 3.84. The SMILES string of the molecule is CC(C)NC(=O)OC1Cc2ccccc2C1. The molecule has 1 aliphatic rings. The zero-order valence-corrected chi connectivity index (χ0v) is 9.69. The van der Waals surface area contributed by atoms with Gasteiger partial charge in [-0.1, -0.05) is 24.3 Å². The molecule has 1 aromatic rings. The van der Waals surface area contributed by atoms with Crippen molar-refractivity contribution in [2.75, 3.05) is 0 Å². The van der Waals surface area contributed by atoms with Gasteiger partial charge in [-0.3, -0.25) is 0 Å². The molecular weight excluding hydrogens is 202 g/mol. The summed E-state index contributed by atoms with van der Waals surface area (Å²) in [7, 11) is 0. The fraction of sp³-hybridized carbons (Fsp3) is 0.462. The van der Waals surface area contributed by atoms with Crippen LogP contribution in [0.25, 0.3) is 0 Å². The first-order valence-electron chi connectivity index (χ1n) is 5.69. The van der Waals surface area contributed by atoms with Crippen LogP contribution in [0.4, 0.5) is 4.79 Å². The molecule has 1 N–H and O–H groups in total. The first-order valence-corrected chi connectivity index (χ1v) is 5.69. The van der Waals surface area contributed by atoms with Crippen molar-refractivity contribution in [2.45, 2.75) is 38.8 Å². The molecule has 3 nitrogen and oxygen atoms in total. The molecule has 0 aliphatic heterocycles. The van der Waals surface area contributed by atoms with E-state index in [9.17, 15) is 4.79 Å². The van der Waals surface area contributed by atoms with Crippen molar-refractivity contribution in [1.29, 1.82) is 0 Å². The van der Waals surface area contributed by atoms with E-state index >= 15 is 0 Å². The lowest BCUT2D eigenvalue weighted by Gasteiger charge is -2.13. The van der Waals surface area contributed by atoms with Crippen LogP contribution in [0.15, 0.2) is 24.3 Å². The Labute approximate surface area is 95.8 Å². The molecule has 2 rings (SSSR count). The van der Waals surface area contributed by atoms with Gasteiger partial charge in [-0.2, -0.15) is 0 Å². The van der Waals surface area contributed by atoms with Gasteiger partial charge in [-0.25, -0.2) is 4.79 Å². The number of carbonyl (C=O) groups excluding carboxylic acids is 1. The van der Waals surface area contributed by atoms with Crippen molar-refractivity contribution in [3.8, 4) is 0 Å². The van der Waals surface area contributed by atoms with Crippen molar-refractivity contribution in [2.24, 2.45) is 0 Å². The van der Waals surface area contributed by atoms with Crippen molar-refractivity contribution in [3.05, 3.63) is 35.4 Å². The molecule has 0 unspecified atom stereocenters. The molecule has 0 aromatic heterocycles. The molecule has 1 aromatic carbocycles. The molecule has 0 saturated carbocycles. The molecular formula is C13H17NO2. The molecule has 0 radical (unpaired) electrons. The predicted molar refractivity (Wildman–Crippen MR) is 62.4 cm³/mol. The topological polar surface area (TPSA) is 38.3 Å². The van der Waals surface area contributed by atoms with Crippen molar-refractivity contribution < 1.29 is 9.53 Å². The molecule has 0 saturated heterocycles. The highest BCUT2D eigenvalue weighted by atomic mass is 16.6. The highest BCUT2D eigenvalue weighted by molar-refractivity contribution is 5.67. The monoisotopic (exact) mass is 219 g/mol. The third-order valence-electron chi connectivity index (χ3n) is 2.69. The van der Waals surface area contributed by atoms with Crippen molar-refractivity contribution in [1.82, 2.24) is 5.32 Å². The number of nitrogens with one attached hydrogen (secondary N) is 1. The van der Waals surface area contributed by atoms with Crippen LogP contribution < -0.4 is 5.32 Å². The van der Waals surface area contributed by atoms with E-state index in [1.165, 1.54) is 11.1 Å². The minimum Gasteiger partial charge on any atom is -0.446 e. The largest absolute Gasteiger partial charge is 0.446 e. The lowest BCUT2D eigenvalue weighted by atomic mass is 10.1. The van der Waals surface area contributed by atoms with Crippen LogP contribution in [-0.4, -0.2) is 18.2 Å². The van der Waals surface area contributed by atoms with Crippen molar-refractivity contribution >= 4 is 6.09 Å². The van der Waals surface area contributed by atoms with Gasteiger partial charge in [0.25, 0.3) is 0 Å². The standard InChI is InChI=1S/C13H17NO2/c1-9(2)14-13(15)16-12-7-10-5-3-4-6-11(10)8-12/h3-6,9,12H,7-8H2,1-2H3,(H,14,15). The molecule has 1 aliphatic carbocycles. The second-order valence-electron chi connectivity index (χ2n) is 4.50. The smallest absolute Gasteiger partial charge is 0.407 e. The number of ether oxygens (including phenoxy) is 1. The van der Waals surface area contributed by atoms with Gasteiger partial charge in [0.05, 0.1) is 0 Å². The first kappa shape index (κ1) is 11.0. The summed E-state index contributed by atoms with van der Waals surface area (Å²) in [5.74, 6) is 0. The quantitative estimate of drug-likeness (QED) is 0.828. The number of carbonyl (C=O) groups is 1. The van der Waals surface area contributed by atoms with E-state index in [0.717, 1.165) is 12.8 Å². The van der Waals surface area contributed by atoms with Crippen LogP contribution in [0.5, 0.6) is 0 Å². The first-order chi connectivity index (χ1) is 7.65. The average molecular weight is 219 g/mol. The number of amides is 1. The average Bonchev–Trinajstić information content (AvgIpc) is 2.57. The molecule has 0 heterocycles. The van der Waals surface area contributed by atoms with Crippen LogP contribution >= 0.6 is 0 Å². The minimum absolute atomic E-state index is 0.00356. The third-order valence-corrected chi connectivity index (χ3v) is 2.69. The molecule has 3 heteroatoms. The van der Waals surface area contributed by atoms with Gasteiger partial charge in [0.15, 0.2) is 0 Å². The maximum Gasteiger partial charge on any atom is 0.407 e. The lowest BCUT2D eigenvalue weighted by Crippen LogP contribution is -2.33. The summed E-state index contributed by atoms with van der Waals surface area (Å²) in [6.07, 6.45) is 1.35. The molecule has 0 atom stereocenters. The highest BCUT2D eigenvalue weighted by Crippen LogP contribution is 2.23. The summed E-state index contributed by atoms with van der Waals surface area (Å²) < 4.78 is 5.35. The van der Waals surface area contributed by atoms with Gasteiger partial charge in [0.2, 0.25) is 0 Å². The zero-order valence-electron chi connectivity index (χ0n) is 9.69. The number of rotatable bonds is 2. The third kappa shape index (κ3) is 2.54. The Morgan fingerprint density at radius 1 is 1.31 bits per heavy atom. The zero-order chi connectivity index (χ0) is 11.5. The number of benzene rings is 1. The normalized spacial score (nSPS) is 14.9. The Balaban J connectivity index is 1.90. The maximum absolute atomic E-state index is 11.4. The summed E-state index contributed by atoms with van der Waals surface area (Å²) in [4.78, 5) is 11.4. The number of hydrogen-bond donors (Lipinski definition) is 1. The van der Waals surface area contributed by atoms with Crippen molar-refractivity contribution in [3.63, 3.8) is 0 Å². The maximum atomic E-state index is 11.4. The Hall–Kier alpha value is -1.51. The van der Waals surface area contributed by atoms with Gasteiger partial charge in [-0.05, 0) is 25.0 Å². The number of alkyl carbamates (subject to hydrolysis) is 1. The number of fused-ring (bicyclic) bond motifs is 1. The summed E-state index contributed by atoms with van der Waals surface area (Å²) >= 11 is 0. The molecule has 1 amide bonds. The molecule has 16 heavy (non-hydrogen) atoms. The van der Waals surface area contributed by atoms with Gasteiger partial charge >= 0.3 is 6.09 Å².